The fourth-order valence-electron chi connectivity index (χ4n) is 3.11. The minimum atomic E-state index is -0.771. The van der Waals surface area contributed by atoms with Gasteiger partial charge in [-0.15, -0.1) is 11.3 Å². The first-order valence-electron chi connectivity index (χ1n) is 9.86. The van der Waals surface area contributed by atoms with Crippen LogP contribution < -0.4 is 5.32 Å². The van der Waals surface area contributed by atoms with E-state index in [4.69, 9.17) is 5.11 Å². The van der Waals surface area contributed by atoms with Crippen molar-refractivity contribution >= 4 is 33.4 Å². The Morgan fingerprint density at radius 3 is 2.55 bits per heavy atom. The van der Waals surface area contributed by atoms with E-state index in [-0.39, 0.29) is 24.2 Å². The molecule has 152 valence electrons. The first kappa shape index (κ1) is 21.0. The van der Waals surface area contributed by atoms with E-state index in [2.05, 4.69) is 34.6 Å². The summed E-state index contributed by atoms with van der Waals surface area (Å²) in [4.78, 5) is 27.8. The highest BCUT2D eigenvalue weighted by molar-refractivity contribution is 7.18. The fraction of sp³-hybridized carbons (Fsp3) is 0.348. The Labute approximate surface area is 174 Å². The molecule has 2 N–H and O–H groups in total. The molecule has 1 aromatic heterocycles. The van der Waals surface area contributed by atoms with Gasteiger partial charge < -0.3 is 10.4 Å². The van der Waals surface area contributed by atoms with Gasteiger partial charge in [0.15, 0.2) is 0 Å². The van der Waals surface area contributed by atoms with Crippen LogP contribution in [0.1, 0.15) is 31.7 Å². The van der Waals surface area contributed by atoms with Crippen LogP contribution in [0.15, 0.2) is 48.5 Å². The smallest absolute Gasteiger partial charge is 0.306 e. The van der Waals surface area contributed by atoms with E-state index in [9.17, 15) is 9.59 Å². The molecule has 0 unspecified atom stereocenters. The molecule has 0 bridgehead atoms. The Hall–Kier alpha value is -2.73. The van der Waals surface area contributed by atoms with Gasteiger partial charge in [0.25, 0.3) is 0 Å². The number of carboxylic acid groups (broad SMARTS) is 1. The molecule has 29 heavy (non-hydrogen) atoms. The molecule has 5 nitrogen and oxygen atoms in total. The molecular weight excluding hydrogens is 384 g/mol. The van der Waals surface area contributed by atoms with Crippen molar-refractivity contribution in [3.05, 3.63) is 53.5 Å². The summed E-state index contributed by atoms with van der Waals surface area (Å²) in [7, 11) is 0. The quantitative estimate of drug-likeness (QED) is 0.533. The number of carbonyl (C=O) groups excluding carboxylic acids is 1. The number of thiazole rings is 1. The van der Waals surface area contributed by atoms with Crippen molar-refractivity contribution in [3.63, 3.8) is 0 Å². The van der Waals surface area contributed by atoms with Crippen LogP contribution in [0.4, 0.5) is 0 Å². The SMILES string of the molecule is C[C@@H](CC[C@H](C)C(=O)O)CNC(=O)Cc1nc2ccc(-c3ccccc3)cc2s1. The minimum Gasteiger partial charge on any atom is -0.481 e. The van der Waals surface area contributed by atoms with Crippen LogP contribution in [0.3, 0.4) is 0 Å². The van der Waals surface area contributed by atoms with Crippen LogP contribution in [0, 0.1) is 11.8 Å². The predicted molar refractivity (Wildman–Crippen MR) is 117 cm³/mol. The molecule has 1 heterocycles. The van der Waals surface area contributed by atoms with Crippen LogP contribution in [-0.2, 0) is 16.0 Å². The maximum atomic E-state index is 12.3. The number of benzene rings is 2. The first-order chi connectivity index (χ1) is 13.9. The molecule has 6 heteroatoms. The number of aliphatic carboxylic acids is 1. The zero-order valence-corrected chi connectivity index (χ0v) is 17.5. The number of carboxylic acids is 1. The van der Waals surface area contributed by atoms with Crippen molar-refractivity contribution in [2.24, 2.45) is 11.8 Å². The maximum Gasteiger partial charge on any atom is 0.306 e. The lowest BCUT2D eigenvalue weighted by atomic mass is 9.98. The molecule has 2 atom stereocenters. The van der Waals surface area contributed by atoms with Gasteiger partial charge in [-0.3, -0.25) is 9.59 Å². The van der Waals surface area contributed by atoms with E-state index < -0.39 is 5.97 Å². The Bertz CT molecular complexity index is 984. The molecule has 1 amide bonds. The summed E-state index contributed by atoms with van der Waals surface area (Å²) in [6, 6.07) is 16.4. The van der Waals surface area contributed by atoms with Gasteiger partial charge in [-0.25, -0.2) is 4.98 Å². The van der Waals surface area contributed by atoms with E-state index in [1.54, 1.807) is 18.3 Å². The number of rotatable bonds is 9. The summed E-state index contributed by atoms with van der Waals surface area (Å²) in [6.45, 7) is 4.29. The molecule has 3 aromatic rings. The van der Waals surface area contributed by atoms with Crippen molar-refractivity contribution < 1.29 is 14.7 Å². The number of fused-ring (bicyclic) bond motifs is 1. The molecule has 0 aliphatic carbocycles. The molecular formula is C23H26N2O3S. The van der Waals surface area contributed by atoms with E-state index in [1.165, 1.54) is 0 Å². The van der Waals surface area contributed by atoms with E-state index in [1.807, 2.05) is 31.2 Å². The molecule has 0 saturated carbocycles. The van der Waals surface area contributed by atoms with Crippen molar-refractivity contribution in [1.82, 2.24) is 10.3 Å². The molecule has 0 fully saturated rings. The molecule has 0 aliphatic heterocycles. The zero-order chi connectivity index (χ0) is 20.8. The van der Waals surface area contributed by atoms with Crippen molar-refractivity contribution in [2.75, 3.05) is 6.54 Å². The lowest BCUT2D eigenvalue weighted by molar-refractivity contribution is -0.141. The summed E-state index contributed by atoms with van der Waals surface area (Å²) < 4.78 is 1.07. The van der Waals surface area contributed by atoms with Crippen molar-refractivity contribution in [3.8, 4) is 11.1 Å². The summed E-state index contributed by atoms with van der Waals surface area (Å²) in [5.74, 6) is -0.931. The van der Waals surface area contributed by atoms with Gasteiger partial charge in [0.05, 0.1) is 22.6 Å². The van der Waals surface area contributed by atoms with Crippen molar-refractivity contribution in [1.29, 1.82) is 0 Å². The highest BCUT2D eigenvalue weighted by atomic mass is 32.1. The number of hydrogen-bond acceptors (Lipinski definition) is 4. The summed E-state index contributed by atoms with van der Waals surface area (Å²) in [6.07, 6.45) is 1.66. The van der Waals surface area contributed by atoms with Gasteiger partial charge >= 0.3 is 5.97 Å². The second-order valence-corrected chi connectivity index (χ2v) is 8.67. The van der Waals surface area contributed by atoms with E-state index in [0.29, 0.717) is 13.0 Å². The monoisotopic (exact) mass is 410 g/mol. The van der Waals surface area contributed by atoms with Gasteiger partial charge in [0, 0.05) is 6.54 Å². The van der Waals surface area contributed by atoms with Crippen LogP contribution in [0.5, 0.6) is 0 Å². The molecule has 0 spiro atoms. The topological polar surface area (TPSA) is 79.3 Å². The standard InChI is InChI=1S/C23H26N2O3S/c1-15(8-9-16(2)23(27)28)14-24-21(26)13-22-25-19-11-10-18(12-20(19)29-22)17-6-4-3-5-7-17/h3-7,10-12,15-16H,8-9,13-14H2,1-2H3,(H,24,26)(H,27,28)/t15-,16-/m0/s1. The Kier molecular flexibility index (Phi) is 6.99. The predicted octanol–water partition coefficient (Wildman–Crippen LogP) is 4.76. The number of carbonyl (C=O) groups is 2. The molecule has 0 aliphatic rings. The van der Waals surface area contributed by atoms with Crippen LogP contribution >= 0.6 is 11.3 Å². The highest BCUT2D eigenvalue weighted by Crippen LogP contribution is 2.28. The number of nitrogens with one attached hydrogen (secondary N) is 1. The highest BCUT2D eigenvalue weighted by Gasteiger charge is 2.14. The fourth-order valence-corrected chi connectivity index (χ4v) is 4.11. The van der Waals surface area contributed by atoms with Crippen molar-refractivity contribution in [2.45, 2.75) is 33.1 Å². The van der Waals surface area contributed by atoms with Gasteiger partial charge in [-0.1, -0.05) is 50.2 Å². The Morgan fingerprint density at radius 1 is 1.07 bits per heavy atom. The zero-order valence-electron chi connectivity index (χ0n) is 16.7. The average molecular weight is 411 g/mol. The first-order valence-corrected chi connectivity index (χ1v) is 10.7. The second kappa shape index (κ2) is 9.65. The third-order valence-corrected chi connectivity index (χ3v) is 6.03. The van der Waals surface area contributed by atoms with E-state index >= 15 is 0 Å². The molecule has 2 aromatic carbocycles. The minimum absolute atomic E-state index is 0.0505. The number of nitrogens with zero attached hydrogens (tertiary/aromatic N) is 1. The Morgan fingerprint density at radius 2 is 1.83 bits per heavy atom. The van der Waals surface area contributed by atoms with Gasteiger partial charge in [0.1, 0.15) is 5.01 Å². The maximum absolute atomic E-state index is 12.3. The van der Waals surface area contributed by atoms with Gasteiger partial charge in [0.2, 0.25) is 5.91 Å². The lowest BCUT2D eigenvalue weighted by Gasteiger charge is -2.13. The average Bonchev–Trinajstić information content (AvgIpc) is 3.12. The van der Waals surface area contributed by atoms with E-state index in [0.717, 1.165) is 32.8 Å². The molecule has 0 radical (unpaired) electrons. The third kappa shape index (κ3) is 5.87. The number of aromatic nitrogens is 1. The molecule has 0 saturated heterocycles. The van der Waals surface area contributed by atoms with Crippen LogP contribution in [0.25, 0.3) is 21.3 Å². The van der Waals surface area contributed by atoms with Crippen LogP contribution in [0.2, 0.25) is 0 Å². The van der Waals surface area contributed by atoms with Gasteiger partial charge in [-0.2, -0.15) is 0 Å². The normalized spacial score (nSPS) is 13.2. The third-order valence-electron chi connectivity index (χ3n) is 5.01. The summed E-state index contributed by atoms with van der Waals surface area (Å²) >= 11 is 1.55. The number of hydrogen-bond donors (Lipinski definition) is 2. The summed E-state index contributed by atoms with van der Waals surface area (Å²) in [5.41, 5.74) is 3.21. The number of amides is 1. The molecule has 3 rings (SSSR count). The second-order valence-electron chi connectivity index (χ2n) is 7.56. The Balaban J connectivity index is 1.54. The summed E-state index contributed by atoms with van der Waals surface area (Å²) in [5, 5.41) is 12.7. The van der Waals surface area contributed by atoms with Gasteiger partial charge in [-0.05, 0) is 42.0 Å². The van der Waals surface area contributed by atoms with Crippen LogP contribution in [-0.4, -0.2) is 28.5 Å². The lowest BCUT2D eigenvalue weighted by Crippen LogP contribution is -2.29. The largest absolute Gasteiger partial charge is 0.481 e.